The Bertz CT molecular complexity index is 1110. The minimum absolute atomic E-state index is 0.0128. The van der Waals surface area contributed by atoms with E-state index in [0.29, 0.717) is 0 Å². The lowest BCUT2D eigenvalue weighted by molar-refractivity contribution is -0.0472. The highest BCUT2D eigenvalue weighted by atomic mass is 16.3. The number of aromatic hydroxyl groups is 4. The molecule has 0 aliphatic rings. The number of hydrogen-bond donors (Lipinski definition) is 6. The number of hydrogen-bond acceptors (Lipinski definition) is 8. The molecule has 3 rings (SSSR count). The van der Waals surface area contributed by atoms with Crippen molar-refractivity contribution in [2.24, 2.45) is 0 Å². The van der Waals surface area contributed by atoms with E-state index in [1.54, 1.807) is 0 Å². The number of aliphatic hydroxyl groups excluding tert-OH is 1. The van der Waals surface area contributed by atoms with Gasteiger partial charge in [-0.05, 0) is 26.0 Å². The molecule has 0 saturated carbocycles. The van der Waals surface area contributed by atoms with Crippen LogP contribution in [-0.2, 0) is 6.42 Å². The van der Waals surface area contributed by atoms with Crippen LogP contribution in [0.15, 0.2) is 39.7 Å². The molecule has 1 heterocycles. The molecule has 8 nitrogen and oxygen atoms in total. The number of rotatable bonds is 4. The maximum Gasteiger partial charge on any atom is 0.204 e. The normalized spacial score (nSPS) is 13.0. The van der Waals surface area contributed by atoms with Gasteiger partial charge in [0.1, 0.15) is 40.2 Å². The van der Waals surface area contributed by atoms with E-state index >= 15 is 0 Å². The fraction of sp³-hybridized carbons (Fsp3) is 0.250. The van der Waals surface area contributed by atoms with E-state index in [1.165, 1.54) is 32.0 Å². The molecule has 28 heavy (non-hydrogen) atoms. The van der Waals surface area contributed by atoms with Gasteiger partial charge >= 0.3 is 0 Å². The Kier molecular flexibility index (Phi) is 4.70. The molecule has 1 aromatic heterocycles. The molecular weight excluding hydrogens is 368 g/mol. The Morgan fingerprint density at radius 3 is 2.36 bits per heavy atom. The first kappa shape index (κ1) is 19.5. The molecule has 0 saturated heterocycles. The molecule has 1 unspecified atom stereocenters. The van der Waals surface area contributed by atoms with Crippen molar-refractivity contribution < 1.29 is 35.1 Å². The van der Waals surface area contributed by atoms with Crippen LogP contribution in [0.5, 0.6) is 23.0 Å². The zero-order valence-corrected chi connectivity index (χ0v) is 15.2. The lowest BCUT2D eigenvalue weighted by atomic mass is 9.92. The molecule has 0 spiro atoms. The Morgan fingerprint density at radius 1 is 1.04 bits per heavy atom. The van der Waals surface area contributed by atoms with Gasteiger partial charge in [-0.3, -0.25) is 4.79 Å². The highest BCUT2D eigenvalue weighted by Crippen LogP contribution is 2.38. The molecule has 0 bridgehead atoms. The quantitative estimate of drug-likeness (QED) is 0.397. The van der Waals surface area contributed by atoms with Crippen LogP contribution in [0.2, 0.25) is 0 Å². The number of phenolic OH excluding ortho intramolecular Hbond substituents is 4. The summed E-state index contributed by atoms with van der Waals surface area (Å²) in [6, 6.07) is 4.69. The first-order valence-corrected chi connectivity index (χ1v) is 8.42. The summed E-state index contributed by atoms with van der Waals surface area (Å²) in [7, 11) is 0. The zero-order valence-electron chi connectivity index (χ0n) is 15.2. The largest absolute Gasteiger partial charge is 0.508 e. The second kappa shape index (κ2) is 6.74. The zero-order chi connectivity index (χ0) is 20.8. The second-order valence-corrected chi connectivity index (χ2v) is 7.15. The van der Waals surface area contributed by atoms with Gasteiger partial charge in [-0.15, -0.1) is 0 Å². The van der Waals surface area contributed by atoms with Crippen LogP contribution in [0.4, 0.5) is 0 Å². The number of aliphatic hydroxyl groups is 2. The van der Waals surface area contributed by atoms with Crippen molar-refractivity contribution in [2.45, 2.75) is 32.0 Å². The van der Waals surface area contributed by atoms with E-state index in [9.17, 15) is 35.4 Å². The fourth-order valence-electron chi connectivity index (χ4n) is 2.89. The average molecular weight is 388 g/mol. The van der Waals surface area contributed by atoms with Gasteiger partial charge in [-0.2, -0.15) is 0 Å². The number of phenols is 4. The van der Waals surface area contributed by atoms with Crippen molar-refractivity contribution in [3.63, 3.8) is 0 Å². The Hall–Kier alpha value is -3.23. The van der Waals surface area contributed by atoms with E-state index < -0.39 is 28.6 Å². The van der Waals surface area contributed by atoms with Gasteiger partial charge in [0.15, 0.2) is 0 Å². The standard InChI is InChI=1S/C20H20O8/c1-20(2,27)16(24)7-11-13(22)4-3-10(18(11)25)12-8-28-15-6-9(21)5-14(23)17(15)19(12)26/h3-6,8,16,21-25,27H,7H2,1-2H3. The van der Waals surface area contributed by atoms with Crippen LogP contribution in [-0.4, -0.2) is 42.3 Å². The van der Waals surface area contributed by atoms with Crippen molar-refractivity contribution in [2.75, 3.05) is 0 Å². The van der Waals surface area contributed by atoms with E-state index in [1.807, 2.05) is 0 Å². The lowest BCUT2D eigenvalue weighted by Crippen LogP contribution is -2.37. The molecule has 0 amide bonds. The summed E-state index contributed by atoms with van der Waals surface area (Å²) in [4.78, 5) is 12.8. The first-order valence-electron chi connectivity index (χ1n) is 8.42. The average Bonchev–Trinajstić information content (AvgIpc) is 2.58. The molecule has 0 radical (unpaired) electrons. The fourth-order valence-corrected chi connectivity index (χ4v) is 2.89. The van der Waals surface area contributed by atoms with Crippen molar-refractivity contribution in [3.8, 4) is 34.1 Å². The Balaban J connectivity index is 2.19. The summed E-state index contributed by atoms with van der Waals surface area (Å²) < 4.78 is 5.32. The molecule has 148 valence electrons. The first-order chi connectivity index (χ1) is 13.0. The molecule has 0 aliphatic heterocycles. The summed E-state index contributed by atoms with van der Waals surface area (Å²) >= 11 is 0. The monoisotopic (exact) mass is 388 g/mol. The third-order valence-electron chi connectivity index (χ3n) is 4.60. The van der Waals surface area contributed by atoms with Crippen LogP contribution in [0.1, 0.15) is 19.4 Å². The third-order valence-corrected chi connectivity index (χ3v) is 4.60. The van der Waals surface area contributed by atoms with E-state index in [4.69, 9.17) is 4.42 Å². The van der Waals surface area contributed by atoms with E-state index in [2.05, 4.69) is 0 Å². The van der Waals surface area contributed by atoms with Gasteiger partial charge in [0, 0.05) is 29.7 Å². The molecule has 0 fully saturated rings. The van der Waals surface area contributed by atoms with Gasteiger partial charge in [0.05, 0.1) is 17.3 Å². The van der Waals surface area contributed by atoms with Gasteiger partial charge in [-0.1, -0.05) is 0 Å². The number of fused-ring (bicyclic) bond motifs is 1. The Labute approximate surface area is 159 Å². The predicted octanol–water partition coefficient (Wildman–Crippen LogP) is 1.96. The third kappa shape index (κ3) is 3.35. The Morgan fingerprint density at radius 2 is 1.71 bits per heavy atom. The highest BCUT2D eigenvalue weighted by Gasteiger charge is 2.28. The highest BCUT2D eigenvalue weighted by molar-refractivity contribution is 5.89. The minimum atomic E-state index is -1.48. The smallest absolute Gasteiger partial charge is 0.204 e. The van der Waals surface area contributed by atoms with Gasteiger partial charge < -0.3 is 35.1 Å². The SMILES string of the molecule is CC(C)(O)C(O)Cc1c(O)ccc(-c2coc3cc(O)cc(O)c3c2=O)c1O. The molecule has 8 heteroatoms. The predicted molar refractivity (Wildman–Crippen MR) is 101 cm³/mol. The molecule has 6 N–H and O–H groups in total. The van der Waals surface area contributed by atoms with Crippen LogP contribution in [0, 0.1) is 0 Å². The minimum Gasteiger partial charge on any atom is -0.508 e. The van der Waals surface area contributed by atoms with Crippen molar-refractivity contribution in [3.05, 3.63) is 46.3 Å². The molecular formula is C20H20O8. The van der Waals surface area contributed by atoms with Crippen LogP contribution in [0.25, 0.3) is 22.1 Å². The van der Waals surface area contributed by atoms with E-state index in [0.717, 1.165) is 12.3 Å². The summed E-state index contributed by atoms with van der Waals surface area (Å²) in [5, 5.41) is 60.0. The van der Waals surface area contributed by atoms with Crippen molar-refractivity contribution in [1.29, 1.82) is 0 Å². The van der Waals surface area contributed by atoms with Gasteiger partial charge in [0.25, 0.3) is 0 Å². The molecule has 0 aliphatic carbocycles. The topological polar surface area (TPSA) is 152 Å². The number of benzene rings is 2. The van der Waals surface area contributed by atoms with Crippen LogP contribution >= 0.6 is 0 Å². The molecule has 1 atom stereocenters. The van der Waals surface area contributed by atoms with Crippen LogP contribution < -0.4 is 5.43 Å². The van der Waals surface area contributed by atoms with Crippen molar-refractivity contribution >= 4 is 11.0 Å². The molecule has 2 aromatic carbocycles. The maximum atomic E-state index is 12.8. The van der Waals surface area contributed by atoms with Crippen LogP contribution in [0.3, 0.4) is 0 Å². The lowest BCUT2D eigenvalue weighted by Gasteiger charge is -2.25. The second-order valence-electron chi connectivity index (χ2n) is 7.15. The van der Waals surface area contributed by atoms with Gasteiger partial charge in [0.2, 0.25) is 5.43 Å². The summed E-state index contributed by atoms with van der Waals surface area (Å²) in [6.45, 7) is 2.76. The summed E-state index contributed by atoms with van der Waals surface area (Å²) in [6.07, 6.45) is -0.501. The summed E-state index contributed by atoms with van der Waals surface area (Å²) in [5.41, 5.74) is -2.31. The van der Waals surface area contributed by atoms with E-state index in [-0.39, 0.29) is 45.6 Å². The summed E-state index contributed by atoms with van der Waals surface area (Å²) in [5.74, 6) is -1.55. The van der Waals surface area contributed by atoms with Gasteiger partial charge in [-0.25, -0.2) is 0 Å². The van der Waals surface area contributed by atoms with Crippen molar-refractivity contribution in [1.82, 2.24) is 0 Å². The molecule has 3 aromatic rings. The maximum absolute atomic E-state index is 12.8.